The normalized spacial score (nSPS) is 11.1. The van der Waals surface area contributed by atoms with Gasteiger partial charge in [0.1, 0.15) is 0 Å². The van der Waals surface area contributed by atoms with E-state index in [2.05, 4.69) is 27.3 Å². The number of unbranched alkanes of at least 4 members (excludes halogenated alkanes) is 2. The molecule has 0 spiro atoms. The molecule has 0 aliphatic carbocycles. The zero-order chi connectivity index (χ0) is 12.9. The van der Waals surface area contributed by atoms with E-state index in [0.717, 1.165) is 44.7 Å². The molecule has 0 aromatic rings. The van der Waals surface area contributed by atoms with Crippen LogP contribution in [0.2, 0.25) is 0 Å². The van der Waals surface area contributed by atoms with Gasteiger partial charge in [0.05, 0.1) is 7.11 Å². The summed E-state index contributed by atoms with van der Waals surface area (Å²) in [6.45, 7) is 3.93. The Morgan fingerprint density at radius 2 is 1.88 bits per heavy atom. The predicted octanol–water partition coefficient (Wildman–Crippen LogP) is 1.29. The van der Waals surface area contributed by atoms with Gasteiger partial charge in [-0.1, -0.05) is 13.3 Å². The number of carbonyl (C=O) groups excluding carboxylic acids is 1. The first-order chi connectivity index (χ1) is 8.24. The van der Waals surface area contributed by atoms with E-state index in [1.54, 1.807) is 7.05 Å². The fraction of sp³-hybridized carbons (Fsp3) is 0.833. The number of hydrogen-bond acceptors (Lipinski definition) is 3. The van der Waals surface area contributed by atoms with Crippen molar-refractivity contribution in [1.82, 2.24) is 10.6 Å². The molecule has 0 saturated carbocycles. The van der Waals surface area contributed by atoms with Crippen LogP contribution in [0.25, 0.3) is 0 Å². The van der Waals surface area contributed by atoms with Crippen molar-refractivity contribution in [2.24, 2.45) is 4.99 Å². The molecule has 0 unspecified atom stereocenters. The molecule has 0 atom stereocenters. The molecule has 0 rings (SSSR count). The average molecular weight is 243 g/mol. The van der Waals surface area contributed by atoms with Gasteiger partial charge in [-0.15, -0.1) is 0 Å². The molecule has 100 valence electrons. The van der Waals surface area contributed by atoms with Crippen molar-refractivity contribution in [3.8, 4) is 0 Å². The zero-order valence-corrected chi connectivity index (χ0v) is 11.2. The fourth-order valence-corrected chi connectivity index (χ4v) is 1.34. The van der Waals surface area contributed by atoms with Crippen LogP contribution in [0.4, 0.5) is 0 Å². The summed E-state index contributed by atoms with van der Waals surface area (Å²) < 4.78 is 4.57. The third kappa shape index (κ3) is 9.66. The Balaban J connectivity index is 3.40. The van der Waals surface area contributed by atoms with Crippen LogP contribution in [0.1, 0.15) is 39.0 Å². The summed E-state index contributed by atoms with van der Waals surface area (Å²) in [7, 11) is 3.19. The second kappa shape index (κ2) is 11.2. The zero-order valence-electron chi connectivity index (χ0n) is 11.2. The van der Waals surface area contributed by atoms with Crippen molar-refractivity contribution in [1.29, 1.82) is 0 Å². The van der Waals surface area contributed by atoms with E-state index >= 15 is 0 Å². The predicted molar refractivity (Wildman–Crippen MR) is 70.1 cm³/mol. The number of carbonyl (C=O) groups is 1. The average Bonchev–Trinajstić information content (AvgIpc) is 2.36. The van der Waals surface area contributed by atoms with Crippen LogP contribution >= 0.6 is 0 Å². The maximum Gasteiger partial charge on any atom is 0.305 e. The number of hydrogen-bond donors (Lipinski definition) is 2. The summed E-state index contributed by atoms with van der Waals surface area (Å²) in [4.78, 5) is 15.0. The van der Waals surface area contributed by atoms with E-state index in [4.69, 9.17) is 0 Å². The Labute approximate surface area is 104 Å². The molecule has 0 radical (unpaired) electrons. The molecule has 0 amide bonds. The largest absolute Gasteiger partial charge is 0.469 e. The number of ether oxygens (including phenoxy) is 1. The Bertz CT molecular complexity index is 230. The van der Waals surface area contributed by atoms with Crippen LogP contribution in [0.15, 0.2) is 4.99 Å². The van der Waals surface area contributed by atoms with E-state index in [0.29, 0.717) is 6.42 Å². The lowest BCUT2D eigenvalue weighted by Gasteiger charge is -2.10. The topological polar surface area (TPSA) is 62.7 Å². The van der Waals surface area contributed by atoms with Gasteiger partial charge in [0.25, 0.3) is 0 Å². The lowest BCUT2D eigenvalue weighted by atomic mass is 10.2. The highest BCUT2D eigenvalue weighted by atomic mass is 16.5. The summed E-state index contributed by atoms with van der Waals surface area (Å²) in [6.07, 6.45) is 4.53. The maximum absolute atomic E-state index is 10.9. The first kappa shape index (κ1) is 15.7. The number of nitrogens with zero attached hydrogens (tertiary/aromatic N) is 1. The molecule has 0 bridgehead atoms. The van der Waals surface area contributed by atoms with Crippen molar-refractivity contribution in [3.05, 3.63) is 0 Å². The summed E-state index contributed by atoms with van der Waals surface area (Å²) in [5.41, 5.74) is 0. The first-order valence-corrected chi connectivity index (χ1v) is 6.26. The molecule has 0 aromatic heterocycles. The van der Waals surface area contributed by atoms with Gasteiger partial charge in [0, 0.05) is 26.6 Å². The van der Waals surface area contributed by atoms with Crippen LogP contribution < -0.4 is 10.6 Å². The van der Waals surface area contributed by atoms with Crippen molar-refractivity contribution >= 4 is 11.9 Å². The van der Waals surface area contributed by atoms with Crippen LogP contribution in [-0.4, -0.2) is 39.2 Å². The molecular formula is C12H25N3O2. The fourth-order valence-electron chi connectivity index (χ4n) is 1.34. The van der Waals surface area contributed by atoms with Gasteiger partial charge < -0.3 is 15.4 Å². The molecule has 0 heterocycles. The number of aliphatic imine (C=N–C) groups is 1. The van der Waals surface area contributed by atoms with Gasteiger partial charge in [-0.25, -0.2) is 0 Å². The minimum absolute atomic E-state index is 0.126. The molecule has 0 aromatic carbocycles. The van der Waals surface area contributed by atoms with Gasteiger partial charge >= 0.3 is 5.97 Å². The third-order valence-corrected chi connectivity index (χ3v) is 2.34. The molecule has 0 saturated heterocycles. The van der Waals surface area contributed by atoms with Crippen molar-refractivity contribution in [3.63, 3.8) is 0 Å². The quantitative estimate of drug-likeness (QED) is 0.292. The van der Waals surface area contributed by atoms with Crippen molar-refractivity contribution in [2.45, 2.75) is 39.0 Å². The van der Waals surface area contributed by atoms with Crippen molar-refractivity contribution < 1.29 is 9.53 Å². The van der Waals surface area contributed by atoms with Gasteiger partial charge in [-0.05, 0) is 19.3 Å². The Morgan fingerprint density at radius 1 is 1.18 bits per heavy atom. The SMILES string of the molecule is CCCNC(=NC)NCCCCCC(=O)OC. The van der Waals surface area contributed by atoms with Crippen LogP contribution in [0.5, 0.6) is 0 Å². The van der Waals surface area contributed by atoms with Gasteiger partial charge in [-0.2, -0.15) is 0 Å². The van der Waals surface area contributed by atoms with Gasteiger partial charge in [0.2, 0.25) is 0 Å². The first-order valence-electron chi connectivity index (χ1n) is 6.26. The van der Waals surface area contributed by atoms with Crippen LogP contribution in [0, 0.1) is 0 Å². The Hall–Kier alpha value is -1.26. The molecule has 5 nitrogen and oxygen atoms in total. The van der Waals surface area contributed by atoms with E-state index in [1.807, 2.05) is 0 Å². The minimum Gasteiger partial charge on any atom is -0.469 e. The van der Waals surface area contributed by atoms with Gasteiger partial charge in [-0.3, -0.25) is 9.79 Å². The summed E-state index contributed by atoms with van der Waals surface area (Å²) in [6, 6.07) is 0. The van der Waals surface area contributed by atoms with Crippen molar-refractivity contribution in [2.75, 3.05) is 27.2 Å². The van der Waals surface area contributed by atoms with Crippen LogP contribution in [0.3, 0.4) is 0 Å². The lowest BCUT2D eigenvalue weighted by Crippen LogP contribution is -2.38. The van der Waals surface area contributed by atoms with E-state index in [-0.39, 0.29) is 5.97 Å². The maximum atomic E-state index is 10.9. The second-order valence-corrected chi connectivity index (χ2v) is 3.81. The second-order valence-electron chi connectivity index (χ2n) is 3.81. The third-order valence-electron chi connectivity index (χ3n) is 2.34. The molecule has 0 aliphatic heterocycles. The molecule has 17 heavy (non-hydrogen) atoms. The molecule has 5 heteroatoms. The monoisotopic (exact) mass is 243 g/mol. The molecule has 2 N–H and O–H groups in total. The number of nitrogens with one attached hydrogen (secondary N) is 2. The van der Waals surface area contributed by atoms with E-state index < -0.39 is 0 Å². The summed E-state index contributed by atoms with van der Waals surface area (Å²) >= 11 is 0. The molecule has 0 fully saturated rings. The molecule has 0 aliphatic rings. The van der Waals surface area contributed by atoms with Gasteiger partial charge in [0.15, 0.2) is 5.96 Å². The number of guanidine groups is 1. The summed E-state index contributed by atoms with van der Waals surface area (Å²) in [5, 5.41) is 6.43. The number of methoxy groups -OCH3 is 1. The standard InChI is InChI=1S/C12H25N3O2/c1-4-9-14-12(13-2)15-10-7-5-6-8-11(16)17-3/h4-10H2,1-3H3,(H2,13,14,15). The van der Waals surface area contributed by atoms with E-state index in [9.17, 15) is 4.79 Å². The van der Waals surface area contributed by atoms with E-state index in [1.165, 1.54) is 7.11 Å². The summed E-state index contributed by atoms with van der Waals surface area (Å²) in [5.74, 6) is 0.721. The number of rotatable bonds is 8. The van der Waals surface area contributed by atoms with Crippen LogP contribution in [-0.2, 0) is 9.53 Å². The Kier molecular flexibility index (Phi) is 10.4. The highest BCUT2D eigenvalue weighted by Gasteiger charge is 1.99. The highest BCUT2D eigenvalue weighted by molar-refractivity contribution is 5.79. The minimum atomic E-state index is -0.126. The lowest BCUT2D eigenvalue weighted by molar-refractivity contribution is -0.140. The number of esters is 1. The molecular weight excluding hydrogens is 218 g/mol. The highest BCUT2D eigenvalue weighted by Crippen LogP contribution is 1.99. The smallest absolute Gasteiger partial charge is 0.305 e. The Morgan fingerprint density at radius 3 is 2.47 bits per heavy atom.